The fourth-order valence-corrected chi connectivity index (χ4v) is 6.76. The molecule has 0 radical (unpaired) electrons. The Labute approximate surface area is 145 Å². The van der Waals surface area contributed by atoms with Crippen molar-refractivity contribution in [1.29, 1.82) is 0 Å². The van der Waals surface area contributed by atoms with E-state index in [0.717, 1.165) is 25.2 Å². The van der Waals surface area contributed by atoms with Crippen LogP contribution in [0.2, 0.25) is 0 Å². The Hall–Kier alpha value is -0.920. The van der Waals surface area contributed by atoms with Gasteiger partial charge in [0.2, 0.25) is 5.92 Å². The van der Waals surface area contributed by atoms with Crippen LogP contribution < -0.4 is 0 Å². The van der Waals surface area contributed by atoms with E-state index < -0.39 is 5.92 Å². The third-order valence-electron chi connectivity index (χ3n) is 7.17. The van der Waals surface area contributed by atoms with E-state index in [9.17, 15) is 8.78 Å². The first-order valence-electron chi connectivity index (χ1n) is 9.73. The maximum atomic E-state index is 13.3. The van der Waals surface area contributed by atoms with Crippen LogP contribution in [0.1, 0.15) is 75.8 Å². The highest BCUT2D eigenvalue weighted by molar-refractivity contribution is 5.32. The zero-order chi connectivity index (χ0) is 17.0. The number of rotatable bonds is 5. The van der Waals surface area contributed by atoms with Crippen molar-refractivity contribution in [3.8, 4) is 0 Å². The van der Waals surface area contributed by atoms with E-state index in [1.54, 1.807) is 0 Å². The molecule has 4 fully saturated rings. The predicted molar refractivity (Wildman–Crippen MR) is 94.4 cm³/mol. The number of aryl methyl sites for hydroxylation is 1. The number of hydrogen-bond acceptors (Lipinski definition) is 0. The molecule has 0 aliphatic heterocycles. The molecule has 0 amide bonds. The van der Waals surface area contributed by atoms with E-state index >= 15 is 0 Å². The average Bonchev–Trinajstić information content (AvgIpc) is 2.44. The van der Waals surface area contributed by atoms with E-state index in [2.05, 4.69) is 31.2 Å². The largest absolute Gasteiger partial charge is 0.245 e. The lowest BCUT2D eigenvalue weighted by atomic mass is 9.42. The lowest BCUT2D eigenvalue weighted by Crippen LogP contribution is -2.54. The van der Waals surface area contributed by atoms with Gasteiger partial charge in [0.1, 0.15) is 0 Å². The van der Waals surface area contributed by atoms with Crippen LogP contribution in [0.5, 0.6) is 0 Å². The summed E-state index contributed by atoms with van der Waals surface area (Å²) in [4.78, 5) is 0. The zero-order valence-electron chi connectivity index (χ0n) is 15.1. The molecule has 24 heavy (non-hydrogen) atoms. The number of hydrogen-bond donors (Lipinski definition) is 0. The summed E-state index contributed by atoms with van der Waals surface area (Å²) in [5.41, 5.74) is 3.53. The third kappa shape index (κ3) is 3.02. The molecule has 0 nitrogen and oxygen atoms in total. The highest BCUT2D eigenvalue weighted by atomic mass is 19.3. The van der Waals surface area contributed by atoms with Crippen molar-refractivity contribution in [3.05, 3.63) is 35.4 Å². The minimum atomic E-state index is -2.50. The van der Waals surface area contributed by atoms with E-state index in [4.69, 9.17) is 0 Å². The summed E-state index contributed by atoms with van der Waals surface area (Å²) in [5.74, 6) is -0.846. The van der Waals surface area contributed by atoms with Gasteiger partial charge in [0, 0.05) is 6.42 Å². The molecule has 1 aromatic rings. The molecule has 4 aliphatic carbocycles. The van der Waals surface area contributed by atoms with Crippen molar-refractivity contribution in [2.75, 3.05) is 0 Å². The van der Waals surface area contributed by atoms with E-state index in [-0.39, 0.29) is 6.42 Å². The molecule has 0 spiro atoms. The van der Waals surface area contributed by atoms with Crippen molar-refractivity contribution in [2.24, 2.45) is 17.3 Å². The Morgan fingerprint density at radius 3 is 2.25 bits per heavy atom. The minimum absolute atomic E-state index is 0.0572. The summed E-state index contributed by atoms with van der Waals surface area (Å²) < 4.78 is 26.5. The first kappa shape index (κ1) is 16.5. The van der Waals surface area contributed by atoms with Gasteiger partial charge in [-0.1, -0.05) is 29.8 Å². The SMILES string of the molecule is Cc1ccc(C23CC4CC(CC(CCCC(C)(F)F)(C4)C2)C3)cc1. The summed E-state index contributed by atoms with van der Waals surface area (Å²) in [6.07, 6.45) is 9.64. The molecule has 2 unspecified atom stereocenters. The number of benzene rings is 1. The Kier molecular flexibility index (Phi) is 3.82. The number of halogens is 2. The zero-order valence-corrected chi connectivity index (χ0v) is 15.1. The van der Waals surface area contributed by atoms with Gasteiger partial charge in [-0.2, -0.15) is 0 Å². The van der Waals surface area contributed by atoms with Crippen LogP contribution in [0.4, 0.5) is 8.78 Å². The second kappa shape index (κ2) is 5.54. The smallest absolute Gasteiger partial charge is 0.207 e. The molecule has 132 valence electrons. The summed E-state index contributed by atoms with van der Waals surface area (Å²) in [5, 5.41) is 0. The van der Waals surface area contributed by atoms with Crippen molar-refractivity contribution in [2.45, 2.75) is 83.0 Å². The molecule has 0 aromatic heterocycles. The summed E-state index contributed by atoms with van der Waals surface area (Å²) in [6.45, 7) is 3.22. The molecule has 0 heterocycles. The predicted octanol–water partition coefficient (Wildman–Crippen LogP) is 6.66. The fourth-order valence-electron chi connectivity index (χ4n) is 6.76. The first-order chi connectivity index (χ1) is 11.3. The lowest BCUT2D eigenvalue weighted by Gasteiger charge is -2.63. The van der Waals surface area contributed by atoms with Crippen LogP contribution in [0.25, 0.3) is 0 Å². The van der Waals surface area contributed by atoms with Crippen molar-refractivity contribution in [1.82, 2.24) is 0 Å². The molecule has 0 saturated heterocycles. The highest BCUT2D eigenvalue weighted by Gasteiger charge is 2.57. The van der Waals surface area contributed by atoms with Gasteiger partial charge in [-0.05, 0) is 93.4 Å². The Balaban J connectivity index is 1.57. The van der Waals surface area contributed by atoms with Gasteiger partial charge in [-0.25, -0.2) is 8.78 Å². The second-order valence-corrected chi connectivity index (χ2v) is 9.53. The first-order valence-corrected chi connectivity index (χ1v) is 9.73. The van der Waals surface area contributed by atoms with Gasteiger partial charge in [0.15, 0.2) is 0 Å². The fraction of sp³-hybridized carbons (Fsp3) is 0.727. The Bertz CT molecular complexity index is 581. The molecular weight excluding hydrogens is 302 g/mol. The van der Waals surface area contributed by atoms with E-state index in [1.165, 1.54) is 49.7 Å². The molecule has 2 atom stereocenters. The monoisotopic (exact) mass is 332 g/mol. The van der Waals surface area contributed by atoms with Gasteiger partial charge in [-0.15, -0.1) is 0 Å². The maximum absolute atomic E-state index is 13.3. The molecule has 5 rings (SSSR count). The second-order valence-electron chi connectivity index (χ2n) is 9.53. The topological polar surface area (TPSA) is 0 Å². The van der Waals surface area contributed by atoms with E-state index in [0.29, 0.717) is 17.3 Å². The van der Waals surface area contributed by atoms with Crippen LogP contribution in [0.3, 0.4) is 0 Å². The molecule has 2 heteroatoms. The summed E-state index contributed by atoms with van der Waals surface area (Å²) >= 11 is 0. The summed E-state index contributed by atoms with van der Waals surface area (Å²) in [7, 11) is 0. The van der Waals surface area contributed by atoms with Crippen LogP contribution in [-0.4, -0.2) is 5.92 Å². The third-order valence-corrected chi connectivity index (χ3v) is 7.17. The minimum Gasteiger partial charge on any atom is -0.207 e. The summed E-state index contributed by atoms with van der Waals surface area (Å²) in [6, 6.07) is 9.18. The molecule has 1 aromatic carbocycles. The van der Waals surface area contributed by atoms with E-state index in [1.807, 2.05) is 0 Å². The maximum Gasteiger partial charge on any atom is 0.245 e. The molecular formula is C22H30F2. The molecule has 4 saturated carbocycles. The van der Waals surface area contributed by atoms with Crippen LogP contribution in [0.15, 0.2) is 24.3 Å². The van der Waals surface area contributed by atoms with Gasteiger partial charge in [0.25, 0.3) is 0 Å². The normalized spacial score (nSPS) is 37.8. The van der Waals surface area contributed by atoms with Crippen LogP contribution in [0, 0.1) is 24.2 Å². The van der Waals surface area contributed by atoms with Gasteiger partial charge >= 0.3 is 0 Å². The Morgan fingerprint density at radius 1 is 1.04 bits per heavy atom. The lowest BCUT2D eigenvalue weighted by molar-refractivity contribution is -0.0808. The van der Waals surface area contributed by atoms with Gasteiger partial charge in [-0.3, -0.25) is 0 Å². The molecule has 4 bridgehead atoms. The quantitative estimate of drug-likeness (QED) is 0.565. The van der Waals surface area contributed by atoms with Crippen LogP contribution >= 0.6 is 0 Å². The standard InChI is InChI=1S/C22H30F2/c1-16-4-6-19(7-5-16)22-13-17-10-18(14-22)12-21(11-17,15-22)9-3-8-20(2,23)24/h4-7,17-18H,3,8-15H2,1-2H3. The average molecular weight is 332 g/mol. The Morgan fingerprint density at radius 2 is 1.67 bits per heavy atom. The highest BCUT2D eigenvalue weighted by Crippen LogP contribution is 2.67. The number of alkyl halides is 2. The van der Waals surface area contributed by atoms with Crippen LogP contribution in [-0.2, 0) is 5.41 Å². The molecule has 0 N–H and O–H groups in total. The van der Waals surface area contributed by atoms with Crippen molar-refractivity contribution >= 4 is 0 Å². The molecule has 4 aliphatic rings. The van der Waals surface area contributed by atoms with Gasteiger partial charge < -0.3 is 0 Å². The van der Waals surface area contributed by atoms with Crippen molar-refractivity contribution in [3.63, 3.8) is 0 Å². The van der Waals surface area contributed by atoms with Crippen molar-refractivity contribution < 1.29 is 8.78 Å². The van der Waals surface area contributed by atoms with Gasteiger partial charge in [0.05, 0.1) is 0 Å².